The fraction of sp³-hybridized carbons (Fsp3) is 0.562. The van der Waals surface area contributed by atoms with E-state index in [4.69, 9.17) is 4.42 Å². The van der Waals surface area contributed by atoms with Gasteiger partial charge in [-0.3, -0.25) is 0 Å². The van der Waals surface area contributed by atoms with Gasteiger partial charge in [-0.15, -0.1) is 0 Å². The number of rotatable bonds is 6. The zero-order valence-corrected chi connectivity index (χ0v) is 13.2. The van der Waals surface area contributed by atoms with Gasteiger partial charge in [-0.1, -0.05) is 6.92 Å². The molecule has 20 heavy (non-hydrogen) atoms. The van der Waals surface area contributed by atoms with Gasteiger partial charge in [0.2, 0.25) is 0 Å². The van der Waals surface area contributed by atoms with E-state index >= 15 is 0 Å². The molecule has 1 N–H and O–H groups in total. The lowest BCUT2D eigenvalue weighted by Crippen LogP contribution is -2.23. The first-order chi connectivity index (χ1) is 9.54. The summed E-state index contributed by atoms with van der Waals surface area (Å²) in [5.74, 6) is 3.19. The van der Waals surface area contributed by atoms with E-state index in [0.29, 0.717) is 6.04 Å². The van der Waals surface area contributed by atoms with Gasteiger partial charge in [-0.2, -0.15) is 0 Å². The predicted molar refractivity (Wildman–Crippen MR) is 80.9 cm³/mol. The van der Waals surface area contributed by atoms with Crippen LogP contribution in [0, 0.1) is 20.8 Å². The maximum atomic E-state index is 5.77. The smallest absolute Gasteiger partial charge is 0.108 e. The van der Waals surface area contributed by atoms with Crippen LogP contribution in [0.25, 0.3) is 0 Å². The zero-order valence-electron chi connectivity index (χ0n) is 13.2. The van der Waals surface area contributed by atoms with Crippen LogP contribution in [-0.2, 0) is 13.5 Å². The molecule has 0 bridgehead atoms. The summed E-state index contributed by atoms with van der Waals surface area (Å²) in [6.07, 6.45) is 5.84. The lowest BCUT2D eigenvalue weighted by Gasteiger charge is -2.18. The van der Waals surface area contributed by atoms with Crippen LogP contribution >= 0.6 is 0 Å². The largest absolute Gasteiger partial charge is 0.466 e. The molecule has 0 radical (unpaired) electrons. The number of hydrogen-bond donors (Lipinski definition) is 1. The molecule has 0 aliphatic heterocycles. The van der Waals surface area contributed by atoms with Crippen molar-refractivity contribution in [2.24, 2.45) is 7.05 Å². The Morgan fingerprint density at radius 3 is 2.55 bits per heavy atom. The highest BCUT2D eigenvalue weighted by Gasteiger charge is 2.20. The Labute approximate surface area is 121 Å². The molecule has 2 heterocycles. The van der Waals surface area contributed by atoms with E-state index in [2.05, 4.69) is 35.6 Å². The maximum absolute atomic E-state index is 5.77. The number of imidazole rings is 1. The van der Waals surface area contributed by atoms with Crippen LogP contribution in [0.2, 0.25) is 0 Å². The molecule has 1 atom stereocenters. The van der Waals surface area contributed by atoms with Gasteiger partial charge in [0.05, 0.1) is 0 Å². The Morgan fingerprint density at radius 1 is 1.30 bits per heavy atom. The molecule has 110 valence electrons. The SMILES string of the molecule is CCNC(CCc1nccn1C)c1c(C)oc(C)c1C. The van der Waals surface area contributed by atoms with Crippen molar-refractivity contribution in [3.05, 3.63) is 40.9 Å². The van der Waals surface area contributed by atoms with Crippen LogP contribution in [0.5, 0.6) is 0 Å². The Bertz CT molecular complexity index is 568. The Hall–Kier alpha value is -1.55. The van der Waals surface area contributed by atoms with Crippen LogP contribution in [0.3, 0.4) is 0 Å². The lowest BCUT2D eigenvalue weighted by molar-refractivity contribution is 0.471. The Kier molecular flexibility index (Phi) is 4.65. The van der Waals surface area contributed by atoms with Crippen LogP contribution < -0.4 is 5.32 Å². The highest BCUT2D eigenvalue weighted by Crippen LogP contribution is 2.29. The van der Waals surface area contributed by atoms with Gasteiger partial charge >= 0.3 is 0 Å². The molecule has 4 heteroatoms. The normalized spacial score (nSPS) is 12.8. The fourth-order valence-corrected chi connectivity index (χ4v) is 2.83. The Morgan fingerprint density at radius 2 is 2.05 bits per heavy atom. The van der Waals surface area contributed by atoms with Crippen LogP contribution in [0.1, 0.15) is 47.9 Å². The number of aromatic nitrogens is 2. The molecule has 2 aromatic rings. The summed E-state index contributed by atoms with van der Waals surface area (Å²) >= 11 is 0. The van der Waals surface area contributed by atoms with Gasteiger partial charge in [0.1, 0.15) is 17.3 Å². The number of aryl methyl sites for hydroxylation is 4. The van der Waals surface area contributed by atoms with Gasteiger partial charge in [-0.05, 0) is 39.3 Å². The topological polar surface area (TPSA) is 43.0 Å². The van der Waals surface area contributed by atoms with Crippen molar-refractivity contribution in [2.45, 2.75) is 46.6 Å². The quantitative estimate of drug-likeness (QED) is 0.880. The van der Waals surface area contributed by atoms with Crippen molar-refractivity contribution in [3.63, 3.8) is 0 Å². The summed E-state index contributed by atoms with van der Waals surface area (Å²) in [6, 6.07) is 0.328. The predicted octanol–water partition coefficient (Wildman–Crippen LogP) is 3.22. The molecular weight excluding hydrogens is 250 g/mol. The maximum Gasteiger partial charge on any atom is 0.108 e. The van der Waals surface area contributed by atoms with E-state index in [-0.39, 0.29) is 0 Å². The zero-order chi connectivity index (χ0) is 14.7. The molecule has 2 aromatic heterocycles. The van der Waals surface area contributed by atoms with Crippen molar-refractivity contribution in [3.8, 4) is 0 Å². The van der Waals surface area contributed by atoms with Gasteiger partial charge in [0.25, 0.3) is 0 Å². The van der Waals surface area contributed by atoms with Crippen LogP contribution in [-0.4, -0.2) is 16.1 Å². The second-order valence-electron chi connectivity index (χ2n) is 5.36. The monoisotopic (exact) mass is 275 g/mol. The summed E-state index contributed by atoms with van der Waals surface area (Å²) in [6.45, 7) is 9.33. The van der Waals surface area contributed by atoms with Gasteiger partial charge in [-0.25, -0.2) is 4.98 Å². The van der Waals surface area contributed by atoms with E-state index in [1.54, 1.807) is 0 Å². The van der Waals surface area contributed by atoms with Gasteiger partial charge in [0, 0.05) is 37.5 Å². The summed E-state index contributed by atoms with van der Waals surface area (Å²) in [5.41, 5.74) is 2.59. The van der Waals surface area contributed by atoms with Crippen molar-refractivity contribution >= 4 is 0 Å². The molecule has 0 amide bonds. The van der Waals surface area contributed by atoms with E-state index in [1.807, 2.05) is 26.4 Å². The average Bonchev–Trinajstić information content (AvgIpc) is 2.91. The minimum absolute atomic E-state index is 0.328. The van der Waals surface area contributed by atoms with E-state index < -0.39 is 0 Å². The average molecular weight is 275 g/mol. The van der Waals surface area contributed by atoms with Crippen molar-refractivity contribution in [1.82, 2.24) is 14.9 Å². The standard InChI is InChI=1S/C16H25N3O/c1-6-17-14(7-8-15-18-9-10-19(15)5)16-11(2)12(3)20-13(16)4/h9-10,14,17H,6-8H2,1-5H3. The van der Waals surface area contributed by atoms with E-state index in [1.165, 1.54) is 11.1 Å². The third-order valence-electron chi connectivity index (χ3n) is 3.99. The fourth-order valence-electron chi connectivity index (χ4n) is 2.83. The number of nitrogens with zero attached hydrogens (tertiary/aromatic N) is 2. The number of nitrogens with one attached hydrogen (secondary N) is 1. The molecule has 1 unspecified atom stereocenters. The highest BCUT2D eigenvalue weighted by molar-refractivity contribution is 5.34. The molecule has 0 saturated carbocycles. The van der Waals surface area contributed by atoms with Crippen molar-refractivity contribution < 1.29 is 4.42 Å². The van der Waals surface area contributed by atoms with Gasteiger partial charge < -0.3 is 14.3 Å². The second kappa shape index (κ2) is 6.27. The van der Waals surface area contributed by atoms with Crippen molar-refractivity contribution in [1.29, 1.82) is 0 Å². The molecule has 0 spiro atoms. The summed E-state index contributed by atoms with van der Waals surface area (Å²) in [5, 5.41) is 3.58. The van der Waals surface area contributed by atoms with Crippen LogP contribution in [0.4, 0.5) is 0 Å². The molecule has 0 aliphatic carbocycles. The molecule has 0 aliphatic rings. The molecular formula is C16H25N3O. The van der Waals surface area contributed by atoms with Gasteiger partial charge in [0.15, 0.2) is 0 Å². The molecule has 4 nitrogen and oxygen atoms in total. The molecule has 0 aromatic carbocycles. The highest BCUT2D eigenvalue weighted by atomic mass is 16.3. The third-order valence-corrected chi connectivity index (χ3v) is 3.99. The third kappa shape index (κ3) is 2.96. The summed E-state index contributed by atoms with van der Waals surface area (Å²) in [7, 11) is 2.04. The first-order valence-electron chi connectivity index (χ1n) is 7.30. The first kappa shape index (κ1) is 14.9. The van der Waals surface area contributed by atoms with Crippen molar-refractivity contribution in [2.75, 3.05) is 6.54 Å². The van der Waals surface area contributed by atoms with Crippen LogP contribution in [0.15, 0.2) is 16.8 Å². The second-order valence-corrected chi connectivity index (χ2v) is 5.36. The molecule has 2 rings (SSSR count). The van der Waals surface area contributed by atoms with E-state index in [9.17, 15) is 0 Å². The molecule has 0 saturated heterocycles. The Balaban J connectivity index is 2.16. The number of hydrogen-bond acceptors (Lipinski definition) is 3. The minimum Gasteiger partial charge on any atom is -0.466 e. The first-order valence-corrected chi connectivity index (χ1v) is 7.30. The lowest BCUT2D eigenvalue weighted by atomic mass is 9.98. The molecule has 0 fully saturated rings. The van der Waals surface area contributed by atoms with E-state index in [0.717, 1.165) is 36.7 Å². The minimum atomic E-state index is 0.328. The summed E-state index contributed by atoms with van der Waals surface area (Å²) in [4.78, 5) is 4.40. The summed E-state index contributed by atoms with van der Waals surface area (Å²) < 4.78 is 7.86. The number of furan rings is 1.